The summed E-state index contributed by atoms with van der Waals surface area (Å²) in [6.07, 6.45) is -3.50. The molecule has 0 aromatic heterocycles. The second-order valence-electron chi connectivity index (χ2n) is 15.5. The highest BCUT2D eigenvalue weighted by Gasteiger charge is 2.43. The Morgan fingerprint density at radius 3 is 1.11 bits per heavy atom. The first-order chi connectivity index (χ1) is 29.2. The largest absolute Gasteiger partial charge is 0.399 e. The molecule has 0 spiro atoms. The molecule has 0 radical (unpaired) electrons. The fourth-order valence-corrected chi connectivity index (χ4v) is 11.2. The van der Waals surface area contributed by atoms with E-state index in [-0.39, 0.29) is 127 Å². The number of nitrogens with two attached hydrogens (primary N) is 3. The van der Waals surface area contributed by atoms with Gasteiger partial charge in [-0.3, -0.25) is 27.3 Å². The van der Waals surface area contributed by atoms with Gasteiger partial charge in [0, 0.05) is 22.5 Å². The summed E-state index contributed by atoms with van der Waals surface area (Å²) in [7, 11) is -27.8. The lowest BCUT2D eigenvalue weighted by Gasteiger charge is -2.42. The Kier molecular flexibility index (Phi) is 18.8. The lowest BCUT2D eigenvalue weighted by Crippen LogP contribution is -2.36. The van der Waals surface area contributed by atoms with Crippen LogP contribution in [0.15, 0.2) is 42.5 Å². The summed E-state index contributed by atoms with van der Waals surface area (Å²) >= 11 is 0. The highest BCUT2D eigenvalue weighted by molar-refractivity contribution is 7.86. The lowest BCUT2D eigenvalue weighted by molar-refractivity contribution is 0.470. The molecule has 27 heteroatoms. The second kappa shape index (κ2) is 21.9. The van der Waals surface area contributed by atoms with Crippen molar-refractivity contribution in [3.63, 3.8) is 0 Å². The van der Waals surface area contributed by atoms with Crippen LogP contribution >= 0.6 is 0 Å². The van der Waals surface area contributed by atoms with Gasteiger partial charge in [0.15, 0.2) is 0 Å². The first kappa shape index (κ1) is 54.9. The predicted octanol–water partition coefficient (Wildman–Crippen LogP) is 2.54. The minimum absolute atomic E-state index is 0.104. The van der Waals surface area contributed by atoms with E-state index in [1.165, 1.54) is 30.3 Å². The summed E-state index contributed by atoms with van der Waals surface area (Å²) < 4.78 is 204. The van der Waals surface area contributed by atoms with Crippen LogP contribution in [-0.2, 0) is 98.2 Å². The Bertz CT molecular complexity index is 2720. The topological polar surface area (TPSA) is 404 Å². The number of hydrogen-bond donors (Lipinski definition) is 9. The molecular weight excluding hydrogens is 967 g/mol. The number of nitrogen functional groups attached to an aromatic ring is 3. The van der Waals surface area contributed by atoms with E-state index in [1.54, 1.807) is 12.1 Å². The fourth-order valence-electron chi connectivity index (χ4n) is 8.16. The van der Waals surface area contributed by atoms with Gasteiger partial charge in [0.05, 0.1) is 34.5 Å². The van der Waals surface area contributed by atoms with Crippen LogP contribution in [0.5, 0.6) is 0 Å². The predicted molar refractivity (Wildman–Crippen MR) is 242 cm³/mol. The van der Waals surface area contributed by atoms with Gasteiger partial charge in [-0.25, -0.2) is 0 Å². The fraction of sp³-hybridized carbons (Fsp3) is 0.514. The van der Waals surface area contributed by atoms with Crippen LogP contribution in [0.1, 0.15) is 89.5 Å². The van der Waals surface area contributed by atoms with Gasteiger partial charge < -0.3 is 17.2 Å². The molecule has 3 rings (SSSR count). The van der Waals surface area contributed by atoms with Gasteiger partial charge in [-0.1, -0.05) is 18.2 Å². The first-order valence-corrected chi connectivity index (χ1v) is 29.3. The van der Waals surface area contributed by atoms with Crippen LogP contribution in [0, 0.1) is 0 Å². The van der Waals surface area contributed by atoms with E-state index in [0.29, 0.717) is 11.1 Å². The summed E-state index contributed by atoms with van der Waals surface area (Å²) in [6.45, 7) is 0. The Balaban J connectivity index is 2.84. The van der Waals surface area contributed by atoms with Crippen LogP contribution in [-0.4, -0.2) is 112 Å². The molecule has 0 amide bonds. The zero-order valence-electron chi connectivity index (χ0n) is 34.5. The maximum Gasteiger partial charge on any atom is 0.264 e. The SMILES string of the molecule is Nc1ccc(C(CCCS(=O)(=O)O)(c2ccc(N)cc2CCCS(=O)(=O)O)c2c(CCCS(=O)(=O)O)c(CCCS(=O)(=O)O)c(N)c(CCCS(=O)(=O)O)c2CCCS(=O)(=O)O)cc1. The average Bonchev–Trinajstić information content (AvgIpc) is 3.10. The average molecular weight is 1020 g/mol. The Morgan fingerprint density at radius 2 is 0.734 bits per heavy atom. The normalized spacial score (nSPS) is 14.1. The number of benzene rings is 3. The van der Waals surface area contributed by atoms with Crippen molar-refractivity contribution in [1.82, 2.24) is 0 Å². The molecule has 362 valence electrons. The molecule has 0 aliphatic carbocycles. The summed E-state index contributed by atoms with van der Waals surface area (Å²) in [4.78, 5) is 0. The van der Waals surface area contributed by atoms with E-state index in [0.717, 1.165) is 0 Å². The van der Waals surface area contributed by atoms with Crippen molar-refractivity contribution < 1.29 is 77.8 Å². The van der Waals surface area contributed by atoms with Gasteiger partial charge in [-0.2, -0.15) is 50.5 Å². The quantitative estimate of drug-likeness (QED) is 0.0301. The van der Waals surface area contributed by atoms with Crippen LogP contribution in [0.3, 0.4) is 0 Å². The third-order valence-electron chi connectivity index (χ3n) is 10.5. The molecule has 0 heterocycles. The first-order valence-electron chi connectivity index (χ1n) is 19.6. The standard InChI is InChI=1S/C37H55N3O18S6/c38-28-14-12-27(13-15-28)37(18-6-24-64(56,57)58,34-17-16-29(39)25-26(34)7-1-19-59(41,42)43)35-30(8-2-20-60(44,45)46)32(10-4-22-62(50,51)52)36(40)33(11-5-23-63(53,54)55)31(35)9-3-21-61(47,48)49/h12-17,25H,1-11,18-24,38-40H2,(H,41,42,43)(H,44,45,46)(H,47,48,49)(H,50,51,52)(H,53,54,55)(H,56,57,58). The molecule has 0 bridgehead atoms. The molecule has 0 saturated heterocycles. The van der Waals surface area contributed by atoms with Gasteiger partial charge in [-0.15, -0.1) is 0 Å². The maximum absolute atomic E-state index is 12.4. The zero-order chi connectivity index (χ0) is 48.5. The van der Waals surface area contributed by atoms with Crippen molar-refractivity contribution in [2.45, 2.75) is 82.5 Å². The van der Waals surface area contributed by atoms with Gasteiger partial charge in [-0.05, 0) is 146 Å². The van der Waals surface area contributed by atoms with Crippen molar-refractivity contribution in [2.24, 2.45) is 0 Å². The molecule has 64 heavy (non-hydrogen) atoms. The number of aryl methyl sites for hydroxylation is 1. The third kappa shape index (κ3) is 17.7. The van der Waals surface area contributed by atoms with E-state index in [2.05, 4.69) is 0 Å². The Labute approximate surface area is 374 Å². The summed E-state index contributed by atoms with van der Waals surface area (Å²) in [6, 6.07) is 10.6. The van der Waals surface area contributed by atoms with Crippen LogP contribution in [0.2, 0.25) is 0 Å². The van der Waals surface area contributed by atoms with E-state index in [1.807, 2.05) is 0 Å². The van der Waals surface area contributed by atoms with Crippen LogP contribution in [0.4, 0.5) is 17.1 Å². The highest BCUT2D eigenvalue weighted by atomic mass is 32.2. The molecule has 1 atom stereocenters. The van der Waals surface area contributed by atoms with Crippen molar-refractivity contribution in [2.75, 3.05) is 51.7 Å². The molecule has 21 nitrogen and oxygen atoms in total. The Morgan fingerprint density at radius 1 is 0.406 bits per heavy atom. The number of anilines is 3. The van der Waals surface area contributed by atoms with E-state index < -0.39 is 101 Å². The van der Waals surface area contributed by atoms with Gasteiger partial charge in [0.25, 0.3) is 60.7 Å². The molecule has 3 aromatic rings. The van der Waals surface area contributed by atoms with Crippen molar-refractivity contribution in [1.29, 1.82) is 0 Å². The third-order valence-corrected chi connectivity index (χ3v) is 15.3. The van der Waals surface area contributed by atoms with E-state index >= 15 is 0 Å². The van der Waals surface area contributed by atoms with Crippen molar-refractivity contribution in [3.8, 4) is 0 Å². The van der Waals surface area contributed by atoms with Gasteiger partial charge in [0.2, 0.25) is 0 Å². The smallest absolute Gasteiger partial charge is 0.264 e. The van der Waals surface area contributed by atoms with E-state index in [4.69, 9.17) is 17.2 Å². The maximum atomic E-state index is 12.4. The molecule has 0 fully saturated rings. The van der Waals surface area contributed by atoms with Crippen LogP contribution < -0.4 is 17.2 Å². The second-order valence-corrected chi connectivity index (χ2v) is 24.9. The zero-order valence-corrected chi connectivity index (χ0v) is 39.4. The minimum Gasteiger partial charge on any atom is -0.399 e. The molecule has 3 aromatic carbocycles. The molecule has 0 aliphatic heterocycles. The van der Waals surface area contributed by atoms with Gasteiger partial charge >= 0.3 is 0 Å². The molecule has 0 saturated carbocycles. The highest BCUT2D eigenvalue weighted by Crippen LogP contribution is 2.51. The minimum atomic E-state index is -4.71. The molecule has 0 aliphatic rings. The lowest BCUT2D eigenvalue weighted by atomic mass is 9.61. The van der Waals surface area contributed by atoms with Gasteiger partial charge in [0.1, 0.15) is 0 Å². The summed E-state index contributed by atoms with van der Waals surface area (Å²) in [5.74, 6) is -4.89. The molecule has 12 N–H and O–H groups in total. The van der Waals surface area contributed by atoms with Crippen LogP contribution in [0.25, 0.3) is 0 Å². The molecule has 1 unspecified atom stereocenters. The molecular formula is C37H55N3O18S6. The van der Waals surface area contributed by atoms with Crippen molar-refractivity contribution >= 4 is 77.8 Å². The monoisotopic (exact) mass is 1020 g/mol. The summed E-state index contributed by atoms with van der Waals surface area (Å²) in [5.41, 5.74) is 19.6. The van der Waals surface area contributed by atoms with E-state index in [9.17, 15) is 77.8 Å². The Hall–Kier alpha value is -3.48. The summed E-state index contributed by atoms with van der Waals surface area (Å²) in [5, 5.41) is 0. The number of hydrogen-bond acceptors (Lipinski definition) is 15. The number of rotatable bonds is 27. The van der Waals surface area contributed by atoms with Crippen molar-refractivity contribution in [3.05, 3.63) is 87.0 Å².